The molecule has 0 saturated carbocycles. The second-order valence-electron chi connectivity index (χ2n) is 4.87. The number of carbonyl (C=O) groups excluding carboxylic acids is 1. The lowest BCUT2D eigenvalue weighted by atomic mass is 10.1. The van der Waals surface area contributed by atoms with Gasteiger partial charge in [0, 0.05) is 11.7 Å². The molecule has 6 heteroatoms. The molecule has 1 amide bonds. The predicted molar refractivity (Wildman–Crippen MR) is 74.6 cm³/mol. The highest BCUT2D eigenvalue weighted by Crippen LogP contribution is 2.21. The Morgan fingerprint density at radius 2 is 1.89 bits per heavy atom. The zero-order valence-corrected chi connectivity index (χ0v) is 11.4. The zero-order valence-electron chi connectivity index (χ0n) is 10.6. The number of nitrogens with one attached hydrogen (secondary N) is 1. The summed E-state index contributed by atoms with van der Waals surface area (Å²) < 4.78 is 22.7. The number of nitrogens with two attached hydrogens (primary N) is 1. The van der Waals surface area contributed by atoms with E-state index in [2.05, 4.69) is 5.32 Å². The van der Waals surface area contributed by atoms with E-state index in [-0.39, 0.29) is 29.9 Å². The number of sulfone groups is 1. The highest BCUT2D eigenvalue weighted by atomic mass is 32.2. The third-order valence-electron chi connectivity index (χ3n) is 3.30. The first-order valence-electron chi connectivity index (χ1n) is 6.29. The van der Waals surface area contributed by atoms with E-state index in [9.17, 15) is 13.2 Å². The SMILES string of the molecule is NC(=O)Cc1ccccc1NC1CCS(=O)(=O)CC1. The minimum absolute atomic E-state index is 0.137. The van der Waals surface area contributed by atoms with Crippen molar-refractivity contribution >= 4 is 21.4 Å². The van der Waals surface area contributed by atoms with Crippen LogP contribution in [0.15, 0.2) is 24.3 Å². The van der Waals surface area contributed by atoms with Gasteiger partial charge in [-0.15, -0.1) is 0 Å². The summed E-state index contributed by atoms with van der Waals surface area (Å²) in [5.41, 5.74) is 6.93. The zero-order chi connectivity index (χ0) is 13.9. The molecule has 0 aliphatic carbocycles. The molecule has 0 aromatic heterocycles. The molecule has 1 aliphatic heterocycles. The van der Waals surface area contributed by atoms with Gasteiger partial charge in [0.25, 0.3) is 0 Å². The number of para-hydroxylation sites is 1. The lowest BCUT2D eigenvalue weighted by molar-refractivity contribution is -0.117. The van der Waals surface area contributed by atoms with E-state index < -0.39 is 9.84 Å². The molecule has 0 bridgehead atoms. The number of hydrogen-bond acceptors (Lipinski definition) is 4. The molecular weight excluding hydrogens is 264 g/mol. The molecule has 1 heterocycles. The van der Waals surface area contributed by atoms with Crippen molar-refractivity contribution in [3.8, 4) is 0 Å². The average Bonchev–Trinajstić information content (AvgIpc) is 2.33. The Kier molecular flexibility index (Phi) is 4.09. The van der Waals surface area contributed by atoms with Crippen LogP contribution in [0.25, 0.3) is 0 Å². The predicted octanol–water partition coefficient (Wildman–Crippen LogP) is 0.703. The minimum atomic E-state index is -2.85. The molecule has 1 saturated heterocycles. The topological polar surface area (TPSA) is 89.3 Å². The smallest absolute Gasteiger partial charge is 0.221 e. The van der Waals surface area contributed by atoms with Crippen LogP contribution in [0.1, 0.15) is 18.4 Å². The van der Waals surface area contributed by atoms with Gasteiger partial charge in [-0.25, -0.2) is 8.42 Å². The second-order valence-corrected chi connectivity index (χ2v) is 7.17. The molecule has 0 radical (unpaired) electrons. The summed E-state index contributed by atoms with van der Waals surface area (Å²) in [4.78, 5) is 11.0. The third kappa shape index (κ3) is 3.96. The normalized spacial score (nSPS) is 18.9. The molecule has 19 heavy (non-hydrogen) atoms. The number of primary amides is 1. The molecule has 0 atom stereocenters. The van der Waals surface area contributed by atoms with E-state index >= 15 is 0 Å². The molecule has 0 spiro atoms. The minimum Gasteiger partial charge on any atom is -0.382 e. The second kappa shape index (κ2) is 5.61. The summed E-state index contributed by atoms with van der Waals surface area (Å²) in [6, 6.07) is 7.62. The fourth-order valence-electron chi connectivity index (χ4n) is 2.26. The van der Waals surface area contributed by atoms with E-state index in [0.717, 1.165) is 11.3 Å². The van der Waals surface area contributed by atoms with Crippen LogP contribution in [0.5, 0.6) is 0 Å². The summed E-state index contributed by atoms with van der Waals surface area (Å²) in [5, 5.41) is 3.32. The lowest BCUT2D eigenvalue weighted by Crippen LogP contribution is -2.32. The molecule has 1 fully saturated rings. The number of amides is 1. The van der Waals surface area contributed by atoms with Gasteiger partial charge in [0.2, 0.25) is 5.91 Å². The van der Waals surface area contributed by atoms with Crippen molar-refractivity contribution in [1.29, 1.82) is 0 Å². The van der Waals surface area contributed by atoms with Crippen molar-refractivity contribution in [1.82, 2.24) is 0 Å². The Bertz CT molecular complexity index is 555. The first-order valence-corrected chi connectivity index (χ1v) is 8.11. The van der Waals surface area contributed by atoms with E-state index in [1.165, 1.54) is 0 Å². The fourth-order valence-corrected chi connectivity index (χ4v) is 3.75. The van der Waals surface area contributed by atoms with E-state index in [0.29, 0.717) is 12.8 Å². The molecule has 2 rings (SSSR count). The number of carbonyl (C=O) groups is 1. The van der Waals surface area contributed by atoms with Crippen molar-refractivity contribution in [2.24, 2.45) is 5.73 Å². The molecule has 3 N–H and O–H groups in total. The van der Waals surface area contributed by atoms with Gasteiger partial charge in [-0.2, -0.15) is 0 Å². The first kappa shape index (κ1) is 13.9. The molecule has 1 aromatic carbocycles. The molecule has 1 aromatic rings. The van der Waals surface area contributed by atoms with Gasteiger partial charge in [0.15, 0.2) is 0 Å². The van der Waals surface area contributed by atoms with Crippen molar-refractivity contribution in [2.45, 2.75) is 25.3 Å². The highest BCUT2D eigenvalue weighted by molar-refractivity contribution is 7.91. The van der Waals surface area contributed by atoms with Crippen LogP contribution in [0, 0.1) is 0 Å². The van der Waals surface area contributed by atoms with Gasteiger partial charge in [-0.1, -0.05) is 18.2 Å². The Morgan fingerprint density at radius 3 is 2.53 bits per heavy atom. The Labute approximate surface area is 113 Å². The third-order valence-corrected chi connectivity index (χ3v) is 5.01. The van der Waals surface area contributed by atoms with Gasteiger partial charge in [-0.3, -0.25) is 4.79 Å². The number of hydrogen-bond donors (Lipinski definition) is 2. The average molecular weight is 282 g/mol. The van der Waals surface area contributed by atoms with Crippen LogP contribution >= 0.6 is 0 Å². The molecule has 5 nitrogen and oxygen atoms in total. The molecule has 0 unspecified atom stereocenters. The number of anilines is 1. The Hall–Kier alpha value is -1.56. The highest BCUT2D eigenvalue weighted by Gasteiger charge is 2.23. The summed E-state index contributed by atoms with van der Waals surface area (Å²) in [6.45, 7) is 0. The van der Waals surface area contributed by atoms with Crippen molar-refractivity contribution in [3.05, 3.63) is 29.8 Å². The number of benzene rings is 1. The van der Waals surface area contributed by atoms with Gasteiger partial charge in [-0.05, 0) is 24.5 Å². The number of rotatable bonds is 4. The molecular formula is C13H18N2O3S. The first-order chi connectivity index (χ1) is 8.96. The van der Waals surface area contributed by atoms with Crippen LogP contribution < -0.4 is 11.1 Å². The largest absolute Gasteiger partial charge is 0.382 e. The summed E-state index contributed by atoms with van der Waals surface area (Å²) in [5.74, 6) is 0.0751. The van der Waals surface area contributed by atoms with Gasteiger partial charge in [0.05, 0.1) is 17.9 Å². The van der Waals surface area contributed by atoms with Gasteiger partial charge in [0.1, 0.15) is 9.84 Å². The molecule has 1 aliphatic rings. The van der Waals surface area contributed by atoms with Crippen molar-refractivity contribution in [3.63, 3.8) is 0 Å². The van der Waals surface area contributed by atoms with Crippen LogP contribution in [-0.4, -0.2) is 31.9 Å². The molecule has 104 valence electrons. The van der Waals surface area contributed by atoms with Crippen LogP contribution in [0.3, 0.4) is 0 Å². The summed E-state index contributed by atoms with van der Waals surface area (Å²) in [6.07, 6.45) is 1.40. The quantitative estimate of drug-likeness (QED) is 0.851. The van der Waals surface area contributed by atoms with Crippen LogP contribution in [-0.2, 0) is 21.1 Å². The van der Waals surface area contributed by atoms with Crippen molar-refractivity contribution < 1.29 is 13.2 Å². The van der Waals surface area contributed by atoms with E-state index in [4.69, 9.17) is 5.73 Å². The van der Waals surface area contributed by atoms with E-state index in [1.807, 2.05) is 24.3 Å². The monoisotopic (exact) mass is 282 g/mol. The van der Waals surface area contributed by atoms with Crippen molar-refractivity contribution in [2.75, 3.05) is 16.8 Å². The standard InChI is InChI=1S/C13H18N2O3S/c14-13(16)9-10-3-1-2-4-12(10)15-11-5-7-19(17,18)8-6-11/h1-4,11,15H,5-9H2,(H2,14,16). The maximum Gasteiger partial charge on any atom is 0.221 e. The summed E-state index contributed by atoms with van der Waals surface area (Å²) >= 11 is 0. The maximum absolute atomic E-state index is 11.4. The van der Waals surface area contributed by atoms with Gasteiger partial charge < -0.3 is 11.1 Å². The van der Waals surface area contributed by atoms with Gasteiger partial charge >= 0.3 is 0 Å². The van der Waals surface area contributed by atoms with Crippen LogP contribution in [0.2, 0.25) is 0 Å². The maximum atomic E-state index is 11.4. The van der Waals surface area contributed by atoms with Crippen LogP contribution in [0.4, 0.5) is 5.69 Å². The lowest BCUT2D eigenvalue weighted by Gasteiger charge is -2.25. The summed E-state index contributed by atoms with van der Waals surface area (Å²) in [7, 11) is -2.85. The Morgan fingerprint density at radius 1 is 1.26 bits per heavy atom. The Balaban J connectivity index is 2.05. The fraction of sp³-hybridized carbons (Fsp3) is 0.462. The van der Waals surface area contributed by atoms with E-state index in [1.54, 1.807) is 0 Å².